The van der Waals surface area contributed by atoms with Crippen molar-refractivity contribution in [3.63, 3.8) is 0 Å². The fraction of sp³-hybridized carbons (Fsp3) is 0.750. The number of ether oxygens (including phenoxy) is 1. The predicted molar refractivity (Wildman–Crippen MR) is 43.3 cm³/mol. The van der Waals surface area contributed by atoms with Crippen molar-refractivity contribution in [3.8, 4) is 0 Å². The van der Waals surface area contributed by atoms with E-state index < -0.39 is 0 Å². The highest BCUT2D eigenvalue weighted by Gasteiger charge is 2.05. The van der Waals surface area contributed by atoms with Crippen LogP contribution in [0.1, 0.15) is 6.42 Å². The van der Waals surface area contributed by atoms with E-state index in [0.717, 1.165) is 0 Å². The number of hydrogen-bond acceptors (Lipinski definition) is 3. The van der Waals surface area contributed by atoms with Crippen LogP contribution >= 0.6 is 0 Å². The molecule has 0 spiro atoms. The van der Waals surface area contributed by atoms with Gasteiger partial charge in [-0.25, -0.2) is 0 Å². The van der Waals surface area contributed by atoms with Crippen molar-refractivity contribution >= 4 is 0 Å². The molecule has 0 aromatic rings. The summed E-state index contributed by atoms with van der Waals surface area (Å²) in [6.07, 6.45) is 2.25. The third-order valence-corrected chi connectivity index (χ3v) is 1.38. The lowest BCUT2D eigenvalue weighted by Crippen LogP contribution is -2.15. The minimum absolute atomic E-state index is 0.0555. The first kappa shape index (κ1) is 10.6. The summed E-state index contributed by atoms with van der Waals surface area (Å²) in [5.74, 6) is 0.0555. The van der Waals surface area contributed by atoms with E-state index in [9.17, 15) is 0 Å². The van der Waals surface area contributed by atoms with Gasteiger partial charge >= 0.3 is 0 Å². The molecule has 0 aromatic heterocycles. The van der Waals surface area contributed by atoms with Crippen molar-refractivity contribution in [2.45, 2.75) is 6.42 Å². The molecular formula is C8H16O3. The van der Waals surface area contributed by atoms with Crippen LogP contribution in [-0.4, -0.2) is 36.6 Å². The zero-order valence-corrected chi connectivity index (χ0v) is 6.70. The Labute approximate surface area is 67.3 Å². The molecule has 0 saturated heterocycles. The van der Waals surface area contributed by atoms with Gasteiger partial charge in [-0.15, -0.1) is 6.58 Å². The Hall–Kier alpha value is -0.380. The van der Waals surface area contributed by atoms with Gasteiger partial charge in [-0.1, -0.05) is 6.08 Å². The highest BCUT2D eigenvalue weighted by Crippen LogP contribution is 2.01. The molecule has 0 aliphatic rings. The molecule has 0 aliphatic heterocycles. The summed E-state index contributed by atoms with van der Waals surface area (Å²) >= 11 is 0. The fourth-order valence-electron chi connectivity index (χ4n) is 0.728. The number of rotatable bonds is 7. The first-order valence-electron chi connectivity index (χ1n) is 3.75. The van der Waals surface area contributed by atoms with Gasteiger partial charge in [-0.05, 0) is 6.42 Å². The largest absolute Gasteiger partial charge is 0.396 e. The Kier molecular flexibility index (Phi) is 7.46. The van der Waals surface area contributed by atoms with Crippen molar-refractivity contribution < 1.29 is 14.9 Å². The second-order valence-corrected chi connectivity index (χ2v) is 2.39. The van der Waals surface area contributed by atoms with Gasteiger partial charge in [0.25, 0.3) is 0 Å². The third-order valence-electron chi connectivity index (χ3n) is 1.38. The second-order valence-electron chi connectivity index (χ2n) is 2.39. The summed E-state index contributed by atoms with van der Waals surface area (Å²) in [4.78, 5) is 0. The summed E-state index contributed by atoms with van der Waals surface area (Å²) in [6, 6.07) is 0. The van der Waals surface area contributed by atoms with E-state index in [4.69, 9.17) is 14.9 Å². The normalized spacial score (nSPS) is 12.9. The monoisotopic (exact) mass is 160 g/mol. The molecule has 0 fully saturated rings. The molecule has 3 nitrogen and oxygen atoms in total. The maximum Gasteiger partial charge on any atom is 0.0644 e. The standard InChI is InChI=1S/C8H16O3/c1-2-5-11-7-8(6-10)3-4-9/h2,8-10H,1,3-7H2. The molecule has 0 radical (unpaired) electrons. The zero-order valence-electron chi connectivity index (χ0n) is 6.70. The van der Waals surface area contributed by atoms with Crippen molar-refractivity contribution in [1.29, 1.82) is 0 Å². The van der Waals surface area contributed by atoms with Gasteiger partial charge in [0.2, 0.25) is 0 Å². The van der Waals surface area contributed by atoms with E-state index >= 15 is 0 Å². The summed E-state index contributed by atoms with van der Waals surface area (Å²) in [6.45, 7) is 4.65. The lowest BCUT2D eigenvalue weighted by molar-refractivity contribution is 0.0755. The van der Waals surface area contributed by atoms with Crippen LogP contribution in [-0.2, 0) is 4.74 Å². The molecule has 0 heterocycles. The maximum absolute atomic E-state index is 8.74. The van der Waals surface area contributed by atoms with Crippen LogP contribution in [0.4, 0.5) is 0 Å². The SMILES string of the molecule is C=CCOCC(CO)CCO. The average Bonchev–Trinajstić information content (AvgIpc) is 2.03. The van der Waals surface area contributed by atoms with Gasteiger partial charge < -0.3 is 14.9 Å². The minimum atomic E-state index is 0.0555. The zero-order chi connectivity index (χ0) is 8.53. The van der Waals surface area contributed by atoms with Gasteiger partial charge in [0.1, 0.15) is 0 Å². The smallest absolute Gasteiger partial charge is 0.0644 e. The summed E-state index contributed by atoms with van der Waals surface area (Å²) in [5.41, 5.74) is 0. The lowest BCUT2D eigenvalue weighted by Gasteiger charge is -2.11. The predicted octanol–water partition coefficient (Wildman–Crippen LogP) is 0.180. The number of hydrogen-bond donors (Lipinski definition) is 2. The average molecular weight is 160 g/mol. The highest BCUT2D eigenvalue weighted by molar-refractivity contribution is 4.65. The number of aliphatic hydroxyl groups is 2. The Morgan fingerprint density at radius 3 is 2.64 bits per heavy atom. The van der Waals surface area contributed by atoms with Gasteiger partial charge in [-0.3, -0.25) is 0 Å². The van der Waals surface area contributed by atoms with Gasteiger partial charge in [0, 0.05) is 19.1 Å². The Balaban J connectivity index is 3.27. The molecular weight excluding hydrogens is 144 g/mol. The van der Waals surface area contributed by atoms with Gasteiger partial charge in [0.05, 0.1) is 13.2 Å². The van der Waals surface area contributed by atoms with E-state index in [0.29, 0.717) is 19.6 Å². The van der Waals surface area contributed by atoms with Gasteiger partial charge in [-0.2, -0.15) is 0 Å². The van der Waals surface area contributed by atoms with E-state index in [-0.39, 0.29) is 19.1 Å². The maximum atomic E-state index is 8.74. The van der Waals surface area contributed by atoms with E-state index in [2.05, 4.69) is 6.58 Å². The van der Waals surface area contributed by atoms with Crippen molar-refractivity contribution in [3.05, 3.63) is 12.7 Å². The van der Waals surface area contributed by atoms with Crippen LogP contribution in [0.25, 0.3) is 0 Å². The second kappa shape index (κ2) is 7.72. The van der Waals surface area contributed by atoms with Crippen molar-refractivity contribution in [1.82, 2.24) is 0 Å². The number of aliphatic hydroxyl groups excluding tert-OH is 2. The van der Waals surface area contributed by atoms with Crippen LogP contribution in [0.2, 0.25) is 0 Å². The van der Waals surface area contributed by atoms with Crippen molar-refractivity contribution in [2.24, 2.45) is 5.92 Å². The Bertz CT molecular complexity index is 93.3. The van der Waals surface area contributed by atoms with E-state index in [1.165, 1.54) is 0 Å². The molecule has 0 saturated carbocycles. The highest BCUT2D eigenvalue weighted by atomic mass is 16.5. The topological polar surface area (TPSA) is 49.7 Å². The summed E-state index contributed by atoms with van der Waals surface area (Å²) in [7, 11) is 0. The van der Waals surface area contributed by atoms with E-state index in [1.54, 1.807) is 6.08 Å². The molecule has 66 valence electrons. The first-order chi connectivity index (χ1) is 5.35. The van der Waals surface area contributed by atoms with Crippen LogP contribution in [0.3, 0.4) is 0 Å². The minimum Gasteiger partial charge on any atom is -0.396 e. The first-order valence-corrected chi connectivity index (χ1v) is 3.75. The van der Waals surface area contributed by atoms with Gasteiger partial charge in [0.15, 0.2) is 0 Å². The van der Waals surface area contributed by atoms with Crippen LogP contribution in [0.5, 0.6) is 0 Å². The summed E-state index contributed by atoms with van der Waals surface area (Å²) < 4.78 is 5.10. The Morgan fingerprint density at radius 1 is 1.45 bits per heavy atom. The quantitative estimate of drug-likeness (QED) is 0.412. The van der Waals surface area contributed by atoms with Crippen LogP contribution in [0.15, 0.2) is 12.7 Å². The third kappa shape index (κ3) is 6.04. The molecule has 0 aliphatic carbocycles. The van der Waals surface area contributed by atoms with Crippen LogP contribution < -0.4 is 0 Å². The molecule has 0 amide bonds. The molecule has 3 heteroatoms. The lowest BCUT2D eigenvalue weighted by atomic mass is 10.1. The molecule has 2 N–H and O–H groups in total. The van der Waals surface area contributed by atoms with Crippen LogP contribution in [0, 0.1) is 5.92 Å². The molecule has 1 atom stereocenters. The molecule has 1 unspecified atom stereocenters. The van der Waals surface area contributed by atoms with E-state index in [1.807, 2.05) is 0 Å². The fourth-order valence-corrected chi connectivity index (χ4v) is 0.728. The Morgan fingerprint density at radius 2 is 2.18 bits per heavy atom. The van der Waals surface area contributed by atoms with Crippen molar-refractivity contribution in [2.75, 3.05) is 26.4 Å². The molecule has 0 rings (SSSR count). The molecule has 0 aromatic carbocycles. The summed E-state index contributed by atoms with van der Waals surface area (Å²) in [5, 5.41) is 17.3. The molecule has 11 heavy (non-hydrogen) atoms. The molecule has 0 bridgehead atoms.